The van der Waals surface area contributed by atoms with Crippen molar-refractivity contribution in [3.05, 3.63) is 65.2 Å². The average Bonchev–Trinajstić information content (AvgIpc) is 2.68. The number of aliphatic hydroxyl groups is 1. The Morgan fingerprint density at radius 2 is 1.82 bits per heavy atom. The van der Waals surface area contributed by atoms with Gasteiger partial charge in [0.1, 0.15) is 0 Å². The molecule has 4 unspecified atom stereocenters. The number of ether oxygens (including phenoxy) is 1. The SMILES string of the molecule is CC1(CO)CCC2(C)C(c3ccccc3)Nc3ccc(C(F)(F)F)cc3C2O1. The zero-order valence-corrected chi connectivity index (χ0v) is 15.9. The molecule has 1 saturated heterocycles. The maximum atomic E-state index is 13.3. The lowest BCUT2D eigenvalue weighted by Gasteiger charge is -2.55. The Morgan fingerprint density at radius 1 is 1.11 bits per heavy atom. The van der Waals surface area contributed by atoms with Gasteiger partial charge in [0.25, 0.3) is 0 Å². The van der Waals surface area contributed by atoms with Crippen LogP contribution in [0.3, 0.4) is 0 Å². The summed E-state index contributed by atoms with van der Waals surface area (Å²) >= 11 is 0. The van der Waals surface area contributed by atoms with Gasteiger partial charge in [0.05, 0.1) is 29.9 Å². The summed E-state index contributed by atoms with van der Waals surface area (Å²) in [4.78, 5) is 0. The van der Waals surface area contributed by atoms with Crippen LogP contribution in [0.4, 0.5) is 18.9 Å². The van der Waals surface area contributed by atoms with Crippen molar-refractivity contribution in [2.24, 2.45) is 5.41 Å². The number of hydrogen-bond acceptors (Lipinski definition) is 3. The molecule has 0 amide bonds. The molecule has 4 atom stereocenters. The lowest BCUT2D eigenvalue weighted by Crippen LogP contribution is -2.51. The first-order valence-electron chi connectivity index (χ1n) is 9.48. The first-order valence-corrected chi connectivity index (χ1v) is 9.48. The minimum atomic E-state index is -4.42. The molecule has 0 bridgehead atoms. The van der Waals surface area contributed by atoms with Gasteiger partial charge in [0.2, 0.25) is 0 Å². The highest BCUT2D eigenvalue weighted by Crippen LogP contribution is 2.60. The number of aliphatic hydroxyl groups excluding tert-OH is 1. The molecule has 4 rings (SSSR count). The molecule has 0 aromatic heterocycles. The summed E-state index contributed by atoms with van der Waals surface area (Å²) in [6.07, 6.45) is -3.62. The van der Waals surface area contributed by atoms with Gasteiger partial charge < -0.3 is 15.2 Å². The van der Waals surface area contributed by atoms with E-state index in [1.54, 1.807) is 0 Å². The molecule has 0 radical (unpaired) electrons. The molecule has 0 aliphatic carbocycles. The van der Waals surface area contributed by atoms with Crippen LogP contribution in [-0.4, -0.2) is 17.3 Å². The topological polar surface area (TPSA) is 41.5 Å². The van der Waals surface area contributed by atoms with E-state index in [1.807, 2.05) is 37.3 Å². The van der Waals surface area contributed by atoms with Crippen LogP contribution in [-0.2, 0) is 10.9 Å². The highest BCUT2D eigenvalue weighted by Gasteiger charge is 2.54. The number of benzene rings is 2. The summed E-state index contributed by atoms with van der Waals surface area (Å²) in [5.74, 6) is 0. The predicted octanol–water partition coefficient (Wildman–Crippen LogP) is 5.48. The van der Waals surface area contributed by atoms with Crippen molar-refractivity contribution in [1.82, 2.24) is 0 Å². The van der Waals surface area contributed by atoms with E-state index >= 15 is 0 Å². The summed E-state index contributed by atoms with van der Waals surface area (Å²) in [5.41, 5.74) is 0.308. The Kier molecular flexibility index (Phi) is 4.47. The first kappa shape index (κ1) is 19.3. The number of alkyl halides is 3. The van der Waals surface area contributed by atoms with Crippen molar-refractivity contribution >= 4 is 5.69 Å². The summed E-state index contributed by atoms with van der Waals surface area (Å²) in [5, 5.41) is 13.3. The van der Waals surface area contributed by atoms with E-state index < -0.39 is 28.9 Å². The largest absolute Gasteiger partial charge is 0.416 e. The van der Waals surface area contributed by atoms with Crippen molar-refractivity contribution in [3.63, 3.8) is 0 Å². The summed E-state index contributed by atoms with van der Waals surface area (Å²) in [7, 11) is 0. The average molecular weight is 391 g/mol. The molecule has 2 aliphatic rings. The van der Waals surface area contributed by atoms with E-state index in [2.05, 4.69) is 12.2 Å². The van der Waals surface area contributed by atoms with Gasteiger partial charge in [0, 0.05) is 16.7 Å². The molecule has 0 saturated carbocycles. The van der Waals surface area contributed by atoms with Gasteiger partial charge in [0.15, 0.2) is 0 Å². The van der Waals surface area contributed by atoms with Gasteiger partial charge in [-0.1, -0.05) is 37.3 Å². The van der Waals surface area contributed by atoms with Gasteiger partial charge in [-0.05, 0) is 43.5 Å². The van der Waals surface area contributed by atoms with Crippen molar-refractivity contribution in [2.45, 2.75) is 50.6 Å². The minimum absolute atomic E-state index is 0.105. The van der Waals surface area contributed by atoms with E-state index in [0.29, 0.717) is 17.7 Å². The molecule has 28 heavy (non-hydrogen) atoms. The van der Waals surface area contributed by atoms with Gasteiger partial charge >= 0.3 is 6.18 Å². The molecular formula is C22H24F3NO2. The molecule has 1 fully saturated rings. The normalized spacial score (nSPS) is 32.2. The second-order valence-electron chi connectivity index (χ2n) is 8.40. The van der Waals surface area contributed by atoms with Crippen LogP contribution in [0.1, 0.15) is 55.5 Å². The van der Waals surface area contributed by atoms with Crippen LogP contribution in [0.2, 0.25) is 0 Å². The van der Waals surface area contributed by atoms with Crippen LogP contribution >= 0.6 is 0 Å². The Hall–Kier alpha value is -2.05. The van der Waals surface area contributed by atoms with E-state index in [1.165, 1.54) is 12.1 Å². The van der Waals surface area contributed by atoms with Crippen molar-refractivity contribution < 1.29 is 23.0 Å². The van der Waals surface area contributed by atoms with E-state index in [0.717, 1.165) is 18.1 Å². The summed E-state index contributed by atoms with van der Waals surface area (Å²) in [6, 6.07) is 13.6. The molecule has 6 heteroatoms. The number of halogens is 3. The third-order valence-corrected chi connectivity index (χ3v) is 6.28. The predicted molar refractivity (Wildman–Crippen MR) is 101 cm³/mol. The third kappa shape index (κ3) is 3.08. The molecule has 2 aromatic carbocycles. The van der Waals surface area contributed by atoms with Gasteiger partial charge in [-0.25, -0.2) is 0 Å². The molecule has 2 aliphatic heterocycles. The smallest absolute Gasteiger partial charge is 0.393 e. The molecule has 0 spiro atoms. The molecule has 3 nitrogen and oxygen atoms in total. The van der Waals surface area contributed by atoms with Crippen molar-refractivity contribution in [3.8, 4) is 0 Å². The first-order chi connectivity index (χ1) is 13.2. The monoisotopic (exact) mass is 391 g/mol. The Balaban J connectivity index is 1.86. The maximum absolute atomic E-state index is 13.3. The third-order valence-electron chi connectivity index (χ3n) is 6.28. The molecule has 2 heterocycles. The van der Waals surface area contributed by atoms with Gasteiger partial charge in [-0.3, -0.25) is 0 Å². The fourth-order valence-corrected chi connectivity index (χ4v) is 4.49. The number of anilines is 1. The van der Waals surface area contributed by atoms with Crippen LogP contribution in [0, 0.1) is 5.41 Å². The molecule has 2 aromatic rings. The lowest BCUT2D eigenvalue weighted by molar-refractivity contribution is -0.200. The second-order valence-corrected chi connectivity index (χ2v) is 8.40. The van der Waals surface area contributed by atoms with E-state index in [9.17, 15) is 18.3 Å². The quantitative estimate of drug-likeness (QED) is 0.712. The number of nitrogens with one attached hydrogen (secondary N) is 1. The van der Waals surface area contributed by atoms with Crippen molar-refractivity contribution in [2.75, 3.05) is 11.9 Å². The Labute approximate surface area is 162 Å². The summed E-state index contributed by atoms with van der Waals surface area (Å²) in [6.45, 7) is 3.71. The maximum Gasteiger partial charge on any atom is 0.416 e. The highest BCUT2D eigenvalue weighted by molar-refractivity contribution is 5.59. The Bertz CT molecular complexity index is 870. The summed E-state index contributed by atoms with van der Waals surface area (Å²) < 4.78 is 46.3. The molecular weight excluding hydrogens is 367 g/mol. The fourth-order valence-electron chi connectivity index (χ4n) is 4.49. The standard InChI is InChI=1S/C22H24F3NO2/c1-20(13-27)10-11-21(2)18(14-6-4-3-5-7-14)26-17-9-8-15(22(23,24)25)12-16(17)19(21)28-20/h3-9,12,18-19,26-27H,10-11,13H2,1-2H3. The zero-order valence-electron chi connectivity index (χ0n) is 15.9. The number of rotatable bonds is 2. The fraction of sp³-hybridized carbons (Fsp3) is 0.455. The van der Waals surface area contributed by atoms with E-state index in [-0.39, 0.29) is 12.6 Å². The molecule has 2 N–H and O–H groups in total. The second kappa shape index (κ2) is 6.49. The van der Waals surface area contributed by atoms with Crippen molar-refractivity contribution in [1.29, 1.82) is 0 Å². The van der Waals surface area contributed by atoms with Crippen LogP contribution in [0.5, 0.6) is 0 Å². The van der Waals surface area contributed by atoms with Crippen LogP contribution in [0.15, 0.2) is 48.5 Å². The van der Waals surface area contributed by atoms with Crippen LogP contribution in [0.25, 0.3) is 0 Å². The number of hydrogen-bond donors (Lipinski definition) is 2. The highest BCUT2D eigenvalue weighted by atomic mass is 19.4. The van der Waals surface area contributed by atoms with Gasteiger partial charge in [-0.15, -0.1) is 0 Å². The van der Waals surface area contributed by atoms with Crippen LogP contribution < -0.4 is 5.32 Å². The zero-order chi connectivity index (χ0) is 20.2. The Morgan fingerprint density at radius 3 is 2.46 bits per heavy atom. The van der Waals surface area contributed by atoms with E-state index in [4.69, 9.17) is 4.74 Å². The minimum Gasteiger partial charge on any atom is -0.393 e. The van der Waals surface area contributed by atoms with Gasteiger partial charge in [-0.2, -0.15) is 13.2 Å². The lowest BCUT2D eigenvalue weighted by atomic mass is 9.63. The molecule has 150 valence electrons. The number of fused-ring (bicyclic) bond motifs is 3.